The SMILES string of the molecule is CNCc1cc(Br)ccc1OCc1cn2ccsc2n1. The van der Waals surface area contributed by atoms with Gasteiger partial charge >= 0.3 is 0 Å². The predicted molar refractivity (Wildman–Crippen MR) is 84.3 cm³/mol. The van der Waals surface area contributed by atoms with Crippen molar-refractivity contribution in [2.45, 2.75) is 13.2 Å². The Balaban J connectivity index is 1.75. The van der Waals surface area contributed by atoms with Crippen molar-refractivity contribution in [1.82, 2.24) is 14.7 Å². The minimum atomic E-state index is 0.479. The molecule has 0 amide bonds. The minimum Gasteiger partial charge on any atom is -0.487 e. The smallest absolute Gasteiger partial charge is 0.193 e. The number of ether oxygens (including phenoxy) is 1. The summed E-state index contributed by atoms with van der Waals surface area (Å²) in [6, 6.07) is 6.03. The molecule has 0 radical (unpaired) electrons. The summed E-state index contributed by atoms with van der Waals surface area (Å²) in [5, 5.41) is 5.17. The maximum atomic E-state index is 5.90. The highest BCUT2D eigenvalue weighted by Crippen LogP contribution is 2.24. The van der Waals surface area contributed by atoms with Crippen LogP contribution in [0.25, 0.3) is 4.96 Å². The Labute approximate surface area is 129 Å². The third-order valence-corrected chi connectivity index (χ3v) is 4.17. The average Bonchev–Trinajstić information content (AvgIpc) is 2.99. The van der Waals surface area contributed by atoms with Gasteiger partial charge in [0.05, 0.1) is 5.69 Å². The van der Waals surface area contributed by atoms with Crippen LogP contribution in [0.1, 0.15) is 11.3 Å². The second-order valence-corrected chi connectivity index (χ2v) is 6.18. The molecular weight excluding hydrogens is 338 g/mol. The Morgan fingerprint density at radius 3 is 3.15 bits per heavy atom. The van der Waals surface area contributed by atoms with E-state index in [1.165, 1.54) is 0 Å². The van der Waals surface area contributed by atoms with Crippen molar-refractivity contribution in [2.75, 3.05) is 7.05 Å². The fourth-order valence-electron chi connectivity index (χ4n) is 2.01. The Bertz CT molecular complexity index is 694. The molecule has 1 aromatic carbocycles. The lowest BCUT2D eigenvalue weighted by Gasteiger charge is -2.10. The van der Waals surface area contributed by atoms with Gasteiger partial charge in [0.15, 0.2) is 4.96 Å². The number of hydrogen-bond donors (Lipinski definition) is 1. The normalized spacial score (nSPS) is 11.1. The highest BCUT2D eigenvalue weighted by atomic mass is 79.9. The van der Waals surface area contributed by atoms with Crippen LogP contribution in [0.15, 0.2) is 40.4 Å². The molecule has 0 unspecified atom stereocenters. The third-order valence-electron chi connectivity index (χ3n) is 2.91. The first-order valence-electron chi connectivity index (χ1n) is 6.23. The highest BCUT2D eigenvalue weighted by Gasteiger charge is 2.07. The molecule has 0 spiro atoms. The molecular formula is C14H14BrN3OS. The zero-order valence-corrected chi connectivity index (χ0v) is 13.4. The molecule has 104 valence electrons. The first-order valence-corrected chi connectivity index (χ1v) is 7.90. The molecule has 20 heavy (non-hydrogen) atoms. The van der Waals surface area contributed by atoms with Gasteiger partial charge in [-0.05, 0) is 25.2 Å². The topological polar surface area (TPSA) is 38.6 Å². The fraction of sp³-hybridized carbons (Fsp3) is 0.214. The van der Waals surface area contributed by atoms with Crippen LogP contribution >= 0.6 is 27.3 Å². The van der Waals surface area contributed by atoms with Gasteiger partial charge in [-0.25, -0.2) is 4.98 Å². The number of benzene rings is 1. The van der Waals surface area contributed by atoms with Gasteiger partial charge in [0.25, 0.3) is 0 Å². The maximum absolute atomic E-state index is 5.90. The van der Waals surface area contributed by atoms with Crippen LogP contribution in [0.5, 0.6) is 5.75 Å². The van der Waals surface area contributed by atoms with E-state index in [-0.39, 0.29) is 0 Å². The van der Waals surface area contributed by atoms with Crippen molar-refractivity contribution >= 4 is 32.2 Å². The molecule has 2 aromatic heterocycles. The van der Waals surface area contributed by atoms with Gasteiger partial charge in [-0.15, -0.1) is 11.3 Å². The number of fused-ring (bicyclic) bond motifs is 1. The summed E-state index contributed by atoms with van der Waals surface area (Å²) in [5.41, 5.74) is 2.07. The molecule has 0 aliphatic heterocycles. The van der Waals surface area contributed by atoms with Crippen LogP contribution in [0.3, 0.4) is 0 Å². The summed E-state index contributed by atoms with van der Waals surface area (Å²) in [6.45, 7) is 1.25. The number of nitrogens with one attached hydrogen (secondary N) is 1. The zero-order chi connectivity index (χ0) is 13.9. The fourth-order valence-corrected chi connectivity index (χ4v) is 3.14. The molecule has 0 bridgehead atoms. The van der Waals surface area contributed by atoms with Gasteiger partial charge in [-0.2, -0.15) is 0 Å². The van der Waals surface area contributed by atoms with Crippen molar-refractivity contribution in [1.29, 1.82) is 0 Å². The van der Waals surface area contributed by atoms with Gasteiger partial charge in [0.2, 0.25) is 0 Å². The van der Waals surface area contributed by atoms with E-state index in [0.29, 0.717) is 6.61 Å². The van der Waals surface area contributed by atoms with E-state index in [1.54, 1.807) is 11.3 Å². The Hall–Kier alpha value is -1.37. The zero-order valence-electron chi connectivity index (χ0n) is 11.0. The Kier molecular flexibility index (Phi) is 4.05. The lowest BCUT2D eigenvalue weighted by Crippen LogP contribution is -2.07. The molecule has 0 aliphatic carbocycles. The van der Waals surface area contributed by atoms with Crippen LogP contribution in [-0.4, -0.2) is 16.4 Å². The standard InChI is InChI=1S/C14H14BrN3OS/c1-16-7-10-6-11(15)2-3-13(10)19-9-12-8-18-4-5-20-14(18)17-12/h2-6,8,16H,7,9H2,1H3. The van der Waals surface area contributed by atoms with Crippen LogP contribution in [0, 0.1) is 0 Å². The van der Waals surface area contributed by atoms with Crippen molar-refractivity contribution in [3.8, 4) is 5.75 Å². The van der Waals surface area contributed by atoms with E-state index in [2.05, 4.69) is 32.3 Å². The summed E-state index contributed by atoms with van der Waals surface area (Å²) >= 11 is 5.11. The molecule has 3 rings (SSSR count). The molecule has 1 N–H and O–H groups in total. The van der Waals surface area contributed by atoms with E-state index in [9.17, 15) is 0 Å². The molecule has 2 heterocycles. The molecule has 6 heteroatoms. The van der Waals surface area contributed by atoms with Crippen LogP contribution < -0.4 is 10.1 Å². The van der Waals surface area contributed by atoms with E-state index >= 15 is 0 Å². The second-order valence-electron chi connectivity index (χ2n) is 4.40. The van der Waals surface area contributed by atoms with Gasteiger partial charge in [0.1, 0.15) is 12.4 Å². The van der Waals surface area contributed by atoms with Crippen molar-refractivity contribution in [3.63, 3.8) is 0 Å². The van der Waals surface area contributed by atoms with E-state index < -0.39 is 0 Å². The predicted octanol–water partition coefficient (Wildman–Crippen LogP) is 3.46. The maximum Gasteiger partial charge on any atom is 0.193 e. The number of thiazole rings is 1. The highest BCUT2D eigenvalue weighted by molar-refractivity contribution is 9.10. The van der Waals surface area contributed by atoms with E-state index in [4.69, 9.17) is 4.74 Å². The number of rotatable bonds is 5. The first kappa shape index (κ1) is 13.6. The summed E-state index contributed by atoms with van der Waals surface area (Å²) in [7, 11) is 1.92. The van der Waals surface area contributed by atoms with Crippen molar-refractivity contribution in [2.24, 2.45) is 0 Å². The van der Waals surface area contributed by atoms with Crippen molar-refractivity contribution < 1.29 is 4.74 Å². The molecule has 0 aliphatic rings. The average molecular weight is 352 g/mol. The summed E-state index contributed by atoms with van der Waals surface area (Å²) < 4.78 is 8.96. The molecule has 0 saturated heterocycles. The number of hydrogen-bond acceptors (Lipinski definition) is 4. The second kappa shape index (κ2) is 5.95. The monoisotopic (exact) mass is 351 g/mol. The van der Waals surface area contributed by atoms with E-state index in [1.807, 2.05) is 41.4 Å². The van der Waals surface area contributed by atoms with Crippen LogP contribution in [0.2, 0.25) is 0 Å². The number of halogens is 1. The number of imidazole rings is 1. The molecule has 0 saturated carbocycles. The van der Waals surface area contributed by atoms with Gasteiger partial charge in [-0.1, -0.05) is 15.9 Å². The van der Waals surface area contributed by atoms with Crippen LogP contribution in [0.4, 0.5) is 0 Å². The quantitative estimate of drug-likeness (QED) is 0.764. The largest absolute Gasteiger partial charge is 0.487 e. The van der Waals surface area contributed by atoms with Gasteiger partial charge < -0.3 is 10.1 Å². The lowest BCUT2D eigenvalue weighted by molar-refractivity contribution is 0.298. The first-order chi connectivity index (χ1) is 9.76. The minimum absolute atomic E-state index is 0.479. The Morgan fingerprint density at radius 2 is 2.35 bits per heavy atom. The summed E-state index contributed by atoms with van der Waals surface area (Å²) in [5.74, 6) is 0.888. The molecule has 3 aromatic rings. The number of aromatic nitrogens is 2. The van der Waals surface area contributed by atoms with Crippen LogP contribution in [-0.2, 0) is 13.2 Å². The third kappa shape index (κ3) is 2.87. The van der Waals surface area contributed by atoms with Crippen molar-refractivity contribution in [3.05, 3.63) is 51.7 Å². The molecule has 4 nitrogen and oxygen atoms in total. The molecule has 0 fully saturated rings. The van der Waals surface area contributed by atoms with E-state index in [0.717, 1.165) is 33.0 Å². The van der Waals surface area contributed by atoms with Gasteiger partial charge in [0, 0.05) is 34.4 Å². The summed E-state index contributed by atoms with van der Waals surface area (Å²) in [4.78, 5) is 5.51. The van der Waals surface area contributed by atoms with Gasteiger partial charge in [-0.3, -0.25) is 4.40 Å². The molecule has 0 atom stereocenters. The lowest BCUT2D eigenvalue weighted by atomic mass is 10.2. The summed E-state index contributed by atoms with van der Waals surface area (Å²) in [6.07, 6.45) is 4.00. The number of nitrogens with zero attached hydrogens (tertiary/aromatic N) is 2. The Morgan fingerprint density at radius 1 is 1.45 bits per heavy atom.